The number of nitrogens with two attached hydrogens (primary N) is 1. The van der Waals surface area contributed by atoms with E-state index < -0.39 is 0 Å². The maximum absolute atomic E-state index is 11.4. The lowest BCUT2D eigenvalue weighted by Crippen LogP contribution is -2.15. The second-order valence-corrected chi connectivity index (χ2v) is 3.28. The van der Waals surface area contributed by atoms with Crippen molar-refractivity contribution >= 4 is 11.7 Å². The standard InChI is InChI=1S/C11H15NO3/c1-8(11(14)15-6-5-13)9-3-2-4-10(12)7-9/h2-4,7-8,13H,5-6,12H2,1H3. The Morgan fingerprint density at radius 3 is 2.93 bits per heavy atom. The summed E-state index contributed by atoms with van der Waals surface area (Å²) in [5.41, 5.74) is 7.04. The van der Waals surface area contributed by atoms with Crippen molar-refractivity contribution in [3.05, 3.63) is 29.8 Å². The van der Waals surface area contributed by atoms with Crippen molar-refractivity contribution in [2.45, 2.75) is 12.8 Å². The van der Waals surface area contributed by atoms with E-state index in [0.717, 1.165) is 5.56 Å². The predicted molar refractivity (Wildman–Crippen MR) is 57.3 cm³/mol. The molecule has 0 heterocycles. The van der Waals surface area contributed by atoms with Crippen molar-refractivity contribution in [2.75, 3.05) is 18.9 Å². The van der Waals surface area contributed by atoms with Crippen LogP contribution < -0.4 is 5.73 Å². The van der Waals surface area contributed by atoms with Crippen molar-refractivity contribution in [3.63, 3.8) is 0 Å². The topological polar surface area (TPSA) is 72.5 Å². The molecular formula is C11H15NO3. The minimum atomic E-state index is -0.361. The van der Waals surface area contributed by atoms with E-state index in [-0.39, 0.29) is 25.1 Å². The maximum Gasteiger partial charge on any atom is 0.313 e. The third kappa shape index (κ3) is 3.25. The molecule has 1 aromatic rings. The molecule has 1 aromatic carbocycles. The third-order valence-electron chi connectivity index (χ3n) is 2.10. The van der Waals surface area contributed by atoms with Crippen molar-refractivity contribution in [3.8, 4) is 0 Å². The monoisotopic (exact) mass is 209 g/mol. The fourth-order valence-electron chi connectivity index (χ4n) is 1.24. The second kappa shape index (κ2) is 5.36. The zero-order chi connectivity index (χ0) is 11.3. The van der Waals surface area contributed by atoms with Gasteiger partial charge in [0.1, 0.15) is 6.61 Å². The summed E-state index contributed by atoms with van der Waals surface area (Å²) in [5, 5.41) is 8.51. The molecule has 4 heteroatoms. The molecule has 3 N–H and O–H groups in total. The third-order valence-corrected chi connectivity index (χ3v) is 2.10. The van der Waals surface area contributed by atoms with Gasteiger partial charge >= 0.3 is 5.97 Å². The zero-order valence-corrected chi connectivity index (χ0v) is 8.64. The molecule has 0 radical (unpaired) electrons. The van der Waals surface area contributed by atoms with Crippen LogP contribution in [0.15, 0.2) is 24.3 Å². The quantitative estimate of drug-likeness (QED) is 0.571. The maximum atomic E-state index is 11.4. The Bertz CT molecular complexity index is 338. The first-order valence-corrected chi connectivity index (χ1v) is 4.78. The van der Waals surface area contributed by atoms with Gasteiger partial charge in [-0.15, -0.1) is 0 Å². The number of anilines is 1. The largest absolute Gasteiger partial charge is 0.463 e. The highest BCUT2D eigenvalue weighted by atomic mass is 16.5. The SMILES string of the molecule is CC(C(=O)OCCO)c1cccc(N)c1. The molecule has 0 fully saturated rings. The lowest BCUT2D eigenvalue weighted by molar-refractivity contribution is -0.146. The summed E-state index contributed by atoms with van der Waals surface area (Å²) in [7, 11) is 0. The van der Waals surface area contributed by atoms with Gasteiger partial charge in [0, 0.05) is 5.69 Å². The average molecular weight is 209 g/mol. The zero-order valence-electron chi connectivity index (χ0n) is 8.64. The van der Waals surface area contributed by atoms with E-state index in [1.165, 1.54) is 0 Å². The Kier molecular flexibility index (Phi) is 4.12. The number of hydrogen-bond donors (Lipinski definition) is 2. The Hall–Kier alpha value is -1.55. The number of carbonyl (C=O) groups is 1. The Labute approximate surface area is 88.7 Å². The molecule has 15 heavy (non-hydrogen) atoms. The molecule has 82 valence electrons. The van der Waals surface area contributed by atoms with E-state index in [1.807, 2.05) is 6.07 Å². The number of aliphatic hydroxyl groups excluding tert-OH is 1. The fourth-order valence-corrected chi connectivity index (χ4v) is 1.24. The van der Waals surface area contributed by atoms with Crippen LogP contribution in [-0.2, 0) is 9.53 Å². The number of nitrogen functional groups attached to an aromatic ring is 1. The van der Waals surface area contributed by atoms with E-state index in [4.69, 9.17) is 15.6 Å². The molecule has 0 saturated heterocycles. The van der Waals surface area contributed by atoms with Gasteiger partial charge in [-0.25, -0.2) is 0 Å². The highest BCUT2D eigenvalue weighted by Gasteiger charge is 2.16. The van der Waals surface area contributed by atoms with Crippen LogP contribution in [0.4, 0.5) is 5.69 Å². The van der Waals surface area contributed by atoms with Gasteiger partial charge in [0.15, 0.2) is 0 Å². The van der Waals surface area contributed by atoms with Crippen LogP contribution in [0.3, 0.4) is 0 Å². The van der Waals surface area contributed by atoms with Gasteiger partial charge in [-0.1, -0.05) is 12.1 Å². The average Bonchev–Trinajstić information content (AvgIpc) is 2.24. The van der Waals surface area contributed by atoms with E-state index in [1.54, 1.807) is 25.1 Å². The highest BCUT2D eigenvalue weighted by molar-refractivity contribution is 5.78. The summed E-state index contributed by atoms with van der Waals surface area (Å²) in [5.74, 6) is -0.713. The number of hydrogen-bond acceptors (Lipinski definition) is 4. The number of rotatable bonds is 4. The van der Waals surface area contributed by atoms with Crippen LogP contribution >= 0.6 is 0 Å². The van der Waals surface area contributed by atoms with Gasteiger partial charge < -0.3 is 15.6 Å². The van der Waals surface area contributed by atoms with E-state index in [2.05, 4.69) is 0 Å². The Balaban J connectivity index is 2.67. The number of ether oxygens (including phenoxy) is 1. The lowest BCUT2D eigenvalue weighted by Gasteiger charge is -2.11. The normalized spacial score (nSPS) is 12.1. The van der Waals surface area contributed by atoms with Crippen LogP contribution in [0.1, 0.15) is 18.4 Å². The van der Waals surface area contributed by atoms with E-state index in [0.29, 0.717) is 5.69 Å². The van der Waals surface area contributed by atoms with Crippen LogP contribution in [0.25, 0.3) is 0 Å². The predicted octanol–water partition coefficient (Wildman–Crippen LogP) is 0.908. The van der Waals surface area contributed by atoms with Gasteiger partial charge in [-0.05, 0) is 24.6 Å². The number of esters is 1. The molecule has 4 nitrogen and oxygen atoms in total. The summed E-state index contributed by atoms with van der Waals surface area (Å²) >= 11 is 0. The fraction of sp³-hybridized carbons (Fsp3) is 0.364. The van der Waals surface area contributed by atoms with Crippen LogP contribution in [-0.4, -0.2) is 24.3 Å². The summed E-state index contributed by atoms with van der Waals surface area (Å²) in [6, 6.07) is 7.11. The van der Waals surface area contributed by atoms with Crippen molar-refractivity contribution in [2.24, 2.45) is 0 Å². The minimum absolute atomic E-state index is 0.0332. The summed E-state index contributed by atoms with van der Waals surface area (Å²) in [4.78, 5) is 11.4. The second-order valence-electron chi connectivity index (χ2n) is 3.28. The molecule has 0 saturated carbocycles. The van der Waals surface area contributed by atoms with Crippen LogP contribution in [0.2, 0.25) is 0 Å². The summed E-state index contributed by atoms with van der Waals surface area (Å²) in [6.45, 7) is 1.62. The number of aliphatic hydroxyl groups is 1. The molecule has 0 aliphatic heterocycles. The number of carbonyl (C=O) groups excluding carboxylic acids is 1. The van der Waals surface area contributed by atoms with Gasteiger partial charge in [0.2, 0.25) is 0 Å². The highest BCUT2D eigenvalue weighted by Crippen LogP contribution is 2.18. The Morgan fingerprint density at radius 2 is 2.33 bits per heavy atom. The molecular weight excluding hydrogens is 194 g/mol. The van der Waals surface area contributed by atoms with Crippen LogP contribution in [0.5, 0.6) is 0 Å². The first kappa shape index (κ1) is 11.5. The molecule has 1 rings (SSSR count). The molecule has 0 aliphatic rings. The molecule has 0 aliphatic carbocycles. The number of benzene rings is 1. The van der Waals surface area contributed by atoms with Crippen molar-refractivity contribution in [1.82, 2.24) is 0 Å². The Morgan fingerprint density at radius 1 is 1.60 bits per heavy atom. The first-order chi connectivity index (χ1) is 7.15. The van der Waals surface area contributed by atoms with Crippen LogP contribution in [0, 0.1) is 0 Å². The van der Waals surface area contributed by atoms with Crippen molar-refractivity contribution in [1.29, 1.82) is 0 Å². The minimum Gasteiger partial charge on any atom is -0.463 e. The molecule has 1 atom stereocenters. The van der Waals surface area contributed by atoms with Crippen molar-refractivity contribution < 1.29 is 14.6 Å². The molecule has 0 bridgehead atoms. The van der Waals surface area contributed by atoms with Gasteiger partial charge in [-0.3, -0.25) is 4.79 Å². The van der Waals surface area contributed by atoms with Gasteiger partial charge in [-0.2, -0.15) is 0 Å². The molecule has 0 amide bonds. The smallest absolute Gasteiger partial charge is 0.313 e. The van der Waals surface area contributed by atoms with Gasteiger partial charge in [0.25, 0.3) is 0 Å². The summed E-state index contributed by atoms with van der Waals surface area (Å²) < 4.78 is 4.82. The lowest BCUT2D eigenvalue weighted by atomic mass is 10.0. The molecule has 1 unspecified atom stereocenters. The van der Waals surface area contributed by atoms with Gasteiger partial charge in [0.05, 0.1) is 12.5 Å². The summed E-state index contributed by atoms with van der Waals surface area (Å²) in [6.07, 6.45) is 0. The molecule has 0 spiro atoms. The van der Waals surface area contributed by atoms with E-state index in [9.17, 15) is 4.79 Å². The molecule has 0 aromatic heterocycles. The van der Waals surface area contributed by atoms with E-state index >= 15 is 0 Å². The first-order valence-electron chi connectivity index (χ1n) is 4.78.